The third kappa shape index (κ3) is 4.22. The molecule has 0 bridgehead atoms. The lowest BCUT2D eigenvalue weighted by atomic mass is 9.99. The van der Waals surface area contributed by atoms with E-state index in [0.717, 1.165) is 5.56 Å². The Bertz CT molecular complexity index is 665. The van der Waals surface area contributed by atoms with E-state index in [-0.39, 0.29) is 24.7 Å². The second-order valence-electron chi connectivity index (χ2n) is 5.78. The Labute approximate surface area is 141 Å². The van der Waals surface area contributed by atoms with Gasteiger partial charge in [-0.15, -0.1) is 0 Å². The topological polar surface area (TPSA) is 72.9 Å². The number of rotatable bonds is 5. The summed E-state index contributed by atoms with van der Waals surface area (Å²) in [5, 5.41) is 0. The molecule has 6 heteroatoms. The molecule has 1 unspecified atom stereocenters. The number of esters is 1. The summed E-state index contributed by atoms with van der Waals surface area (Å²) >= 11 is 0. The van der Waals surface area contributed by atoms with E-state index in [1.54, 1.807) is 26.0 Å². The van der Waals surface area contributed by atoms with Crippen LogP contribution in [0.2, 0.25) is 0 Å². The van der Waals surface area contributed by atoms with Gasteiger partial charge in [-0.2, -0.15) is 0 Å². The Hall–Kier alpha value is -2.63. The van der Waals surface area contributed by atoms with Gasteiger partial charge in [0.05, 0.1) is 24.9 Å². The van der Waals surface area contributed by atoms with Gasteiger partial charge in [0.25, 0.3) is 0 Å². The number of amides is 1. The predicted molar refractivity (Wildman–Crippen MR) is 89.6 cm³/mol. The van der Waals surface area contributed by atoms with Crippen LogP contribution in [0, 0.1) is 0 Å². The van der Waals surface area contributed by atoms with Crippen molar-refractivity contribution < 1.29 is 23.9 Å². The molecule has 1 aliphatic rings. The zero-order valence-corrected chi connectivity index (χ0v) is 14.0. The average Bonchev–Trinajstić information content (AvgIpc) is 2.52. The SMILES string of the molecule is COC(=O)N1c2ccccc2C=CC1CC(=O)CC(=O)OC(C)C. The number of carbonyl (C=O) groups excluding carboxylic acids is 3. The van der Waals surface area contributed by atoms with Gasteiger partial charge < -0.3 is 9.47 Å². The van der Waals surface area contributed by atoms with E-state index in [2.05, 4.69) is 0 Å². The van der Waals surface area contributed by atoms with Crippen LogP contribution in [-0.2, 0) is 19.1 Å². The highest BCUT2D eigenvalue weighted by atomic mass is 16.5. The average molecular weight is 331 g/mol. The van der Waals surface area contributed by atoms with Crippen LogP contribution in [0.25, 0.3) is 6.08 Å². The van der Waals surface area contributed by atoms with Gasteiger partial charge in [0, 0.05) is 6.42 Å². The summed E-state index contributed by atoms with van der Waals surface area (Å²) in [5.41, 5.74) is 1.54. The third-order valence-corrected chi connectivity index (χ3v) is 3.54. The molecular formula is C18H21NO5. The van der Waals surface area contributed by atoms with Crippen LogP contribution in [0.5, 0.6) is 0 Å². The molecule has 0 fully saturated rings. The van der Waals surface area contributed by atoms with Gasteiger partial charge in [0.1, 0.15) is 12.2 Å². The Morgan fingerprint density at radius 1 is 1.21 bits per heavy atom. The zero-order chi connectivity index (χ0) is 17.7. The number of carbonyl (C=O) groups is 3. The fraction of sp³-hybridized carbons (Fsp3) is 0.389. The maximum Gasteiger partial charge on any atom is 0.414 e. The van der Waals surface area contributed by atoms with Crippen molar-refractivity contribution in [2.75, 3.05) is 12.0 Å². The molecule has 1 aromatic carbocycles. The molecule has 1 aromatic rings. The monoisotopic (exact) mass is 331 g/mol. The van der Waals surface area contributed by atoms with Crippen molar-refractivity contribution in [2.45, 2.75) is 38.8 Å². The number of anilines is 1. The maximum atomic E-state index is 12.2. The first-order valence-electron chi connectivity index (χ1n) is 7.78. The quantitative estimate of drug-likeness (QED) is 0.613. The summed E-state index contributed by atoms with van der Waals surface area (Å²) in [5.74, 6) is -0.844. The minimum Gasteiger partial charge on any atom is -0.463 e. The highest BCUT2D eigenvalue weighted by Crippen LogP contribution is 2.30. The number of hydrogen-bond donors (Lipinski definition) is 0. The lowest BCUT2D eigenvalue weighted by Crippen LogP contribution is -2.42. The van der Waals surface area contributed by atoms with Crippen molar-refractivity contribution in [1.82, 2.24) is 0 Å². The summed E-state index contributed by atoms with van der Waals surface area (Å²) in [4.78, 5) is 37.4. The van der Waals surface area contributed by atoms with E-state index >= 15 is 0 Å². The van der Waals surface area contributed by atoms with Gasteiger partial charge in [0.2, 0.25) is 0 Å². The smallest absolute Gasteiger partial charge is 0.414 e. The van der Waals surface area contributed by atoms with E-state index in [0.29, 0.717) is 5.69 Å². The summed E-state index contributed by atoms with van der Waals surface area (Å²) < 4.78 is 9.82. The van der Waals surface area contributed by atoms with Crippen molar-refractivity contribution in [3.8, 4) is 0 Å². The molecule has 2 rings (SSSR count). The zero-order valence-electron chi connectivity index (χ0n) is 14.0. The lowest BCUT2D eigenvalue weighted by molar-refractivity contribution is -0.149. The molecule has 1 atom stereocenters. The van der Waals surface area contributed by atoms with Crippen LogP contribution < -0.4 is 4.90 Å². The summed E-state index contributed by atoms with van der Waals surface area (Å²) in [6.07, 6.45) is 2.53. The molecule has 128 valence electrons. The molecule has 0 saturated carbocycles. The van der Waals surface area contributed by atoms with Crippen molar-refractivity contribution in [2.24, 2.45) is 0 Å². The van der Waals surface area contributed by atoms with Crippen LogP contribution in [0.15, 0.2) is 30.3 Å². The van der Waals surface area contributed by atoms with Gasteiger partial charge in [-0.3, -0.25) is 14.5 Å². The van der Waals surface area contributed by atoms with E-state index in [9.17, 15) is 14.4 Å². The van der Waals surface area contributed by atoms with E-state index in [4.69, 9.17) is 9.47 Å². The molecule has 1 heterocycles. The second-order valence-corrected chi connectivity index (χ2v) is 5.78. The van der Waals surface area contributed by atoms with Crippen molar-refractivity contribution in [1.29, 1.82) is 0 Å². The van der Waals surface area contributed by atoms with Gasteiger partial charge >= 0.3 is 12.1 Å². The van der Waals surface area contributed by atoms with E-state index < -0.39 is 18.1 Å². The number of ether oxygens (including phenoxy) is 2. The first-order valence-corrected chi connectivity index (χ1v) is 7.78. The molecular weight excluding hydrogens is 310 g/mol. The fourth-order valence-electron chi connectivity index (χ4n) is 2.59. The van der Waals surface area contributed by atoms with Crippen LogP contribution in [0.1, 0.15) is 32.3 Å². The normalized spacial score (nSPS) is 15.8. The summed E-state index contributed by atoms with van der Waals surface area (Å²) in [6, 6.07) is 6.85. The van der Waals surface area contributed by atoms with Crippen LogP contribution in [-0.4, -0.2) is 37.1 Å². The molecule has 0 saturated heterocycles. The lowest BCUT2D eigenvalue weighted by Gasteiger charge is -2.32. The molecule has 1 aliphatic heterocycles. The molecule has 24 heavy (non-hydrogen) atoms. The first-order chi connectivity index (χ1) is 11.4. The largest absolute Gasteiger partial charge is 0.463 e. The molecule has 0 aliphatic carbocycles. The first kappa shape index (κ1) is 17.7. The van der Waals surface area contributed by atoms with Crippen molar-refractivity contribution >= 4 is 29.6 Å². The standard InChI is InChI=1S/C18H21NO5/c1-12(2)24-17(21)11-15(20)10-14-9-8-13-6-4-5-7-16(13)19(14)18(22)23-3/h4-9,12,14H,10-11H2,1-3H3. The highest BCUT2D eigenvalue weighted by Gasteiger charge is 2.30. The van der Waals surface area contributed by atoms with Gasteiger partial charge in [-0.05, 0) is 25.5 Å². The minimum absolute atomic E-state index is 0.0210. The number of nitrogens with zero attached hydrogens (tertiary/aromatic N) is 1. The van der Waals surface area contributed by atoms with E-state index in [1.165, 1.54) is 12.0 Å². The molecule has 0 N–H and O–H groups in total. The van der Waals surface area contributed by atoms with Gasteiger partial charge in [-0.25, -0.2) is 4.79 Å². The molecule has 0 aromatic heterocycles. The summed E-state index contributed by atoms with van der Waals surface area (Å²) in [7, 11) is 1.29. The number of hydrogen-bond acceptors (Lipinski definition) is 5. The highest BCUT2D eigenvalue weighted by molar-refractivity contribution is 5.99. The third-order valence-electron chi connectivity index (χ3n) is 3.54. The number of Topliss-reactive ketones (excluding diaryl/α,β-unsaturated/α-hetero) is 1. The van der Waals surface area contributed by atoms with Crippen LogP contribution in [0.4, 0.5) is 10.5 Å². The molecule has 6 nitrogen and oxygen atoms in total. The Morgan fingerprint density at radius 3 is 2.58 bits per heavy atom. The van der Waals surface area contributed by atoms with Gasteiger partial charge in [0.15, 0.2) is 0 Å². The second kappa shape index (κ2) is 7.77. The van der Waals surface area contributed by atoms with Crippen LogP contribution >= 0.6 is 0 Å². The Morgan fingerprint density at radius 2 is 1.92 bits per heavy atom. The Balaban J connectivity index is 2.13. The van der Waals surface area contributed by atoms with E-state index in [1.807, 2.05) is 24.3 Å². The minimum atomic E-state index is -0.556. The number of benzene rings is 1. The van der Waals surface area contributed by atoms with Crippen molar-refractivity contribution in [3.63, 3.8) is 0 Å². The number of methoxy groups -OCH3 is 1. The predicted octanol–water partition coefficient (Wildman–Crippen LogP) is 2.96. The van der Waals surface area contributed by atoms with Gasteiger partial charge in [-0.1, -0.05) is 30.4 Å². The summed E-state index contributed by atoms with van der Waals surface area (Å²) in [6.45, 7) is 3.45. The maximum absolute atomic E-state index is 12.2. The molecule has 1 amide bonds. The number of para-hydroxylation sites is 1. The Kier molecular flexibility index (Phi) is 5.73. The van der Waals surface area contributed by atoms with Crippen molar-refractivity contribution in [3.05, 3.63) is 35.9 Å². The number of ketones is 1. The fourth-order valence-corrected chi connectivity index (χ4v) is 2.59. The molecule has 0 spiro atoms. The molecule has 0 radical (unpaired) electrons. The van der Waals surface area contributed by atoms with Crippen LogP contribution in [0.3, 0.4) is 0 Å². The number of fused-ring (bicyclic) bond motifs is 1.